The minimum atomic E-state index is -0.0637. The molecule has 3 nitrogen and oxygen atoms in total. The minimum Gasteiger partial charge on any atom is -0.328 e. The highest BCUT2D eigenvalue weighted by atomic mass is 16.2. The summed E-state index contributed by atoms with van der Waals surface area (Å²) in [5, 5.41) is 2.86. The van der Waals surface area contributed by atoms with E-state index in [1.807, 2.05) is 31.2 Å². The molecule has 1 aliphatic rings. The monoisotopic (exact) mass is 190 g/mol. The Balaban J connectivity index is 2.30. The van der Waals surface area contributed by atoms with Crippen molar-refractivity contribution in [1.82, 2.24) is 0 Å². The first kappa shape index (κ1) is 9.21. The first-order chi connectivity index (χ1) is 6.68. The maximum absolute atomic E-state index is 11.6. The van der Waals surface area contributed by atoms with Crippen molar-refractivity contribution in [2.24, 2.45) is 5.73 Å². The van der Waals surface area contributed by atoms with Crippen molar-refractivity contribution >= 4 is 11.6 Å². The molecular formula is C11H14N2O. The number of amides is 1. The second kappa shape index (κ2) is 3.42. The van der Waals surface area contributed by atoms with Gasteiger partial charge in [0.2, 0.25) is 5.91 Å². The largest absolute Gasteiger partial charge is 0.328 e. The lowest BCUT2D eigenvalue weighted by atomic mass is 9.94. The molecule has 2 atom stereocenters. The van der Waals surface area contributed by atoms with Crippen LogP contribution in [-0.4, -0.2) is 11.9 Å². The van der Waals surface area contributed by atoms with Gasteiger partial charge in [-0.1, -0.05) is 18.2 Å². The highest BCUT2D eigenvalue weighted by molar-refractivity contribution is 6.02. The Labute approximate surface area is 83.3 Å². The summed E-state index contributed by atoms with van der Waals surface area (Å²) in [5.41, 5.74) is 7.72. The molecule has 0 saturated heterocycles. The van der Waals surface area contributed by atoms with Crippen LogP contribution in [0.25, 0.3) is 0 Å². The maximum atomic E-state index is 11.6. The standard InChI is InChI=1S/C11H14N2O/c1-7(12)6-9-8-4-2-3-5-10(8)13-11(9)14/h2-5,7,9H,6,12H2,1H3,(H,13,14). The van der Waals surface area contributed by atoms with E-state index < -0.39 is 0 Å². The van der Waals surface area contributed by atoms with Gasteiger partial charge in [-0.25, -0.2) is 0 Å². The van der Waals surface area contributed by atoms with Gasteiger partial charge >= 0.3 is 0 Å². The molecule has 14 heavy (non-hydrogen) atoms. The van der Waals surface area contributed by atoms with Crippen LogP contribution in [0.5, 0.6) is 0 Å². The van der Waals surface area contributed by atoms with E-state index in [1.54, 1.807) is 0 Å². The fourth-order valence-electron chi connectivity index (χ4n) is 1.88. The van der Waals surface area contributed by atoms with E-state index in [0.29, 0.717) is 6.42 Å². The van der Waals surface area contributed by atoms with E-state index in [2.05, 4.69) is 5.32 Å². The smallest absolute Gasteiger partial charge is 0.232 e. The van der Waals surface area contributed by atoms with Crippen LogP contribution in [0.1, 0.15) is 24.8 Å². The lowest BCUT2D eigenvalue weighted by Crippen LogP contribution is -2.22. The summed E-state index contributed by atoms with van der Waals surface area (Å²) < 4.78 is 0. The molecule has 2 rings (SSSR count). The summed E-state index contributed by atoms with van der Waals surface area (Å²) in [4.78, 5) is 11.6. The van der Waals surface area contributed by atoms with Gasteiger partial charge < -0.3 is 11.1 Å². The molecule has 1 amide bonds. The van der Waals surface area contributed by atoms with Crippen LogP contribution in [0.3, 0.4) is 0 Å². The predicted molar refractivity (Wildman–Crippen MR) is 56.1 cm³/mol. The highest BCUT2D eigenvalue weighted by Gasteiger charge is 2.30. The second-order valence-corrected chi connectivity index (χ2v) is 3.84. The first-order valence-corrected chi connectivity index (χ1v) is 4.84. The van der Waals surface area contributed by atoms with Crippen molar-refractivity contribution in [3.63, 3.8) is 0 Å². The number of carbonyl (C=O) groups excluding carboxylic acids is 1. The molecular weight excluding hydrogens is 176 g/mol. The zero-order valence-corrected chi connectivity index (χ0v) is 8.16. The van der Waals surface area contributed by atoms with Crippen LogP contribution in [0, 0.1) is 0 Å². The summed E-state index contributed by atoms with van der Waals surface area (Å²) in [6.45, 7) is 1.92. The summed E-state index contributed by atoms with van der Waals surface area (Å²) in [6.07, 6.45) is 0.711. The molecule has 1 aromatic carbocycles. The fraction of sp³-hybridized carbons (Fsp3) is 0.364. The van der Waals surface area contributed by atoms with Gasteiger partial charge in [0.1, 0.15) is 0 Å². The summed E-state index contributed by atoms with van der Waals surface area (Å²) in [6, 6.07) is 7.84. The number of hydrogen-bond acceptors (Lipinski definition) is 2. The Hall–Kier alpha value is -1.35. The maximum Gasteiger partial charge on any atom is 0.232 e. The molecule has 0 aromatic heterocycles. The molecule has 0 saturated carbocycles. The average Bonchev–Trinajstić information content (AvgIpc) is 2.43. The lowest BCUT2D eigenvalue weighted by Gasteiger charge is -2.10. The summed E-state index contributed by atoms with van der Waals surface area (Å²) >= 11 is 0. The van der Waals surface area contributed by atoms with Crippen LogP contribution in [0.4, 0.5) is 5.69 Å². The number of carbonyl (C=O) groups is 1. The number of nitrogens with one attached hydrogen (secondary N) is 1. The van der Waals surface area contributed by atoms with Gasteiger partial charge in [0.15, 0.2) is 0 Å². The Morgan fingerprint density at radius 2 is 2.21 bits per heavy atom. The van der Waals surface area contributed by atoms with Crippen molar-refractivity contribution < 1.29 is 4.79 Å². The quantitative estimate of drug-likeness (QED) is 0.741. The highest BCUT2D eigenvalue weighted by Crippen LogP contribution is 2.34. The van der Waals surface area contributed by atoms with Gasteiger partial charge in [-0.3, -0.25) is 4.79 Å². The van der Waals surface area contributed by atoms with E-state index in [0.717, 1.165) is 11.3 Å². The summed E-state index contributed by atoms with van der Waals surface area (Å²) in [5.74, 6) is 0.00898. The van der Waals surface area contributed by atoms with Crippen LogP contribution < -0.4 is 11.1 Å². The third-order valence-electron chi connectivity index (χ3n) is 2.52. The number of hydrogen-bond donors (Lipinski definition) is 2. The Bertz CT molecular complexity index is 360. The Morgan fingerprint density at radius 1 is 1.50 bits per heavy atom. The van der Waals surface area contributed by atoms with E-state index in [9.17, 15) is 4.79 Å². The van der Waals surface area contributed by atoms with Crippen molar-refractivity contribution in [3.05, 3.63) is 29.8 Å². The number of benzene rings is 1. The van der Waals surface area contributed by atoms with Gasteiger partial charge in [0.25, 0.3) is 0 Å². The van der Waals surface area contributed by atoms with Crippen LogP contribution in [0.15, 0.2) is 24.3 Å². The van der Waals surface area contributed by atoms with Crippen LogP contribution in [0.2, 0.25) is 0 Å². The topological polar surface area (TPSA) is 55.1 Å². The van der Waals surface area contributed by atoms with Crippen LogP contribution >= 0.6 is 0 Å². The van der Waals surface area contributed by atoms with Gasteiger partial charge in [0.05, 0.1) is 5.92 Å². The molecule has 3 N–H and O–H groups in total. The first-order valence-electron chi connectivity index (χ1n) is 4.84. The molecule has 1 aromatic rings. The van der Waals surface area contributed by atoms with Gasteiger partial charge in [0, 0.05) is 11.7 Å². The number of anilines is 1. The molecule has 74 valence electrons. The van der Waals surface area contributed by atoms with Crippen molar-refractivity contribution in [1.29, 1.82) is 0 Å². The van der Waals surface area contributed by atoms with E-state index >= 15 is 0 Å². The SMILES string of the molecule is CC(N)CC1C(=O)Nc2ccccc21. The second-order valence-electron chi connectivity index (χ2n) is 3.84. The van der Waals surface area contributed by atoms with E-state index in [1.165, 1.54) is 0 Å². The van der Waals surface area contributed by atoms with E-state index in [-0.39, 0.29) is 17.9 Å². The van der Waals surface area contributed by atoms with Crippen molar-refractivity contribution in [2.75, 3.05) is 5.32 Å². The lowest BCUT2D eigenvalue weighted by molar-refractivity contribution is -0.117. The number of rotatable bonds is 2. The van der Waals surface area contributed by atoms with Gasteiger partial charge in [-0.05, 0) is 25.0 Å². The third-order valence-corrected chi connectivity index (χ3v) is 2.52. The molecule has 0 fully saturated rings. The zero-order chi connectivity index (χ0) is 10.1. The number of fused-ring (bicyclic) bond motifs is 1. The molecule has 0 radical (unpaired) electrons. The number of nitrogens with two attached hydrogens (primary N) is 1. The zero-order valence-electron chi connectivity index (χ0n) is 8.16. The van der Waals surface area contributed by atoms with Gasteiger partial charge in [-0.2, -0.15) is 0 Å². The van der Waals surface area contributed by atoms with E-state index in [4.69, 9.17) is 5.73 Å². The molecule has 0 aliphatic carbocycles. The molecule has 1 aliphatic heterocycles. The molecule has 1 heterocycles. The Morgan fingerprint density at radius 3 is 2.93 bits per heavy atom. The van der Waals surface area contributed by atoms with Crippen molar-refractivity contribution in [2.45, 2.75) is 25.3 Å². The normalized spacial score (nSPS) is 21.6. The fourth-order valence-corrected chi connectivity index (χ4v) is 1.88. The third kappa shape index (κ3) is 1.51. The van der Waals surface area contributed by atoms with Crippen LogP contribution in [-0.2, 0) is 4.79 Å². The molecule has 3 heteroatoms. The summed E-state index contributed by atoms with van der Waals surface area (Å²) in [7, 11) is 0. The molecule has 0 bridgehead atoms. The molecule has 0 spiro atoms. The minimum absolute atomic E-state index is 0.0527. The Kier molecular flexibility index (Phi) is 2.25. The van der Waals surface area contributed by atoms with Gasteiger partial charge in [-0.15, -0.1) is 0 Å². The predicted octanol–water partition coefficient (Wildman–Crippen LogP) is 1.46. The number of para-hydroxylation sites is 1. The average molecular weight is 190 g/mol. The molecule has 2 unspecified atom stereocenters. The van der Waals surface area contributed by atoms with Crippen molar-refractivity contribution in [3.8, 4) is 0 Å².